The van der Waals surface area contributed by atoms with Gasteiger partial charge in [-0.3, -0.25) is 4.57 Å². The summed E-state index contributed by atoms with van der Waals surface area (Å²) in [6, 6.07) is 0.275. The molecule has 0 spiro atoms. The van der Waals surface area contributed by atoms with E-state index < -0.39 is 0 Å². The van der Waals surface area contributed by atoms with Crippen LogP contribution in [0.4, 0.5) is 0 Å². The van der Waals surface area contributed by atoms with E-state index in [9.17, 15) is 4.79 Å². The van der Waals surface area contributed by atoms with Gasteiger partial charge in [0.2, 0.25) is 0 Å². The summed E-state index contributed by atoms with van der Waals surface area (Å²) >= 11 is 0. The van der Waals surface area contributed by atoms with Crippen molar-refractivity contribution in [1.29, 1.82) is 0 Å². The number of ether oxygens (including phenoxy) is 1. The molecule has 2 aromatic heterocycles. The normalized spacial score (nSPS) is 10.1. The van der Waals surface area contributed by atoms with Crippen molar-refractivity contribution < 1.29 is 4.74 Å². The van der Waals surface area contributed by atoms with Crippen LogP contribution in [-0.4, -0.2) is 26.6 Å². The molecule has 2 heterocycles. The Morgan fingerprint density at radius 2 is 2.14 bits per heavy atom. The summed E-state index contributed by atoms with van der Waals surface area (Å²) in [4.78, 5) is 21.5. The standard InChI is InChI=1S/C8H8N4O2/c1-14-7-10-4-6(5-11-7)12-3-2-9-8(12)13/h2-5H,1H3,(H,9,13). The van der Waals surface area contributed by atoms with Crippen molar-refractivity contribution in [3.05, 3.63) is 35.3 Å². The van der Waals surface area contributed by atoms with Gasteiger partial charge in [0.15, 0.2) is 0 Å². The van der Waals surface area contributed by atoms with Gasteiger partial charge in [0.05, 0.1) is 25.2 Å². The summed E-state index contributed by atoms with van der Waals surface area (Å²) in [5.74, 6) is 0. The third-order valence-electron chi connectivity index (χ3n) is 1.72. The fourth-order valence-electron chi connectivity index (χ4n) is 1.06. The Morgan fingerprint density at radius 1 is 1.43 bits per heavy atom. The molecule has 0 aliphatic carbocycles. The van der Waals surface area contributed by atoms with Gasteiger partial charge in [-0.1, -0.05) is 0 Å². The molecule has 0 radical (unpaired) electrons. The zero-order chi connectivity index (χ0) is 9.97. The van der Waals surface area contributed by atoms with Crippen molar-refractivity contribution in [3.63, 3.8) is 0 Å². The van der Waals surface area contributed by atoms with Crippen LogP contribution in [0.2, 0.25) is 0 Å². The van der Waals surface area contributed by atoms with Gasteiger partial charge in [-0.2, -0.15) is 0 Å². The number of hydrogen-bond acceptors (Lipinski definition) is 4. The molecular formula is C8H8N4O2. The summed E-state index contributed by atoms with van der Waals surface area (Å²) in [7, 11) is 1.48. The molecule has 14 heavy (non-hydrogen) atoms. The van der Waals surface area contributed by atoms with Crippen LogP contribution in [0.25, 0.3) is 5.69 Å². The van der Waals surface area contributed by atoms with Crippen LogP contribution < -0.4 is 10.4 Å². The molecule has 1 N–H and O–H groups in total. The van der Waals surface area contributed by atoms with Crippen LogP contribution in [0, 0.1) is 0 Å². The molecule has 6 nitrogen and oxygen atoms in total. The average molecular weight is 192 g/mol. The number of nitrogens with zero attached hydrogens (tertiary/aromatic N) is 3. The van der Waals surface area contributed by atoms with E-state index >= 15 is 0 Å². The predicted molar refractivity (Wildman–Crippen MR) is 48.5 cm³/mol. The van der Waals surface area contributed by atoms with Crippen molar-refractivity contribution >= 4 is 0 Å². The number of rotatable bonds is 2. The minimum Gasteiger partial charge on any atom is -0.467 e. The maximum Gasteiger partial charge on any atom is 0.330 e. The molecule has 0 bridgehead atoms. The van der Waals surface area contributed by atoms with Gasteiger partial charge in [0.1, 0.15) is 0 Å². The number of hydrogen-bond donors (Lipinski definition) is 1. The quantitative estimate of drug-likeness (QED) is 0.724. The van der Waals surface area contributed by atoms with E-state index in [0.717, 1.165) is 0 Å². The Hall–Kier alpha value is -2.11. The highest BCUT2D eigenvalue weighted by Crippen LogP contribution is 2.04. The third-order valence-corrected chi connectivity index (χ3v) is 1.72. The molecule has 72 valence electrons. The lowest BCUT2D eigenvalue weighted by Gasteiger charge is -2.00. The maximum atomic E-state index is 11.2. The molecule has 0 saturated carbocycles. The van der Waals surface area contributed by atoms with E-state index in [1.165, 1.54) is 24.1 Å². The van der Waals surface area contributed by atoms with E-state index in [4.69, 9.17) is 4.74 Å². The van der Waals surface area contributed by atoms with Crippen LogP contribution in [0.5, 0.6) is 6.01 Å². The average Bonchev–Trinajstić information content (AvgIpc) is 2.65. The summed E-state index contributed by atoms with van der Waals surface area (Å²) in [6.45, 7) is 0. The van der Waals surface area contributed by atoms with Crippen LogP contribution >= 0.6 is 0 Å². The fraction of sp³-hybridized carbons (Fsp3) is 0.125. The SMILES string of the molecule is COc1ncc(-n2cc[nH]c2=O)cn1. The van der Waals surface area contributed by atoms with E-state index in [0.29, 0.717) is 5.69 Å². The molecule has 0 atom stereocenters. The number of H-pyrrole nitrogens is 1. The third kappa shape index (κ3) is 1.37. The Kier molecular flexibility index (Phi) is 2.02. The zero-order valence-corrected chi connectivity index (χ0v) is 7.47. The van der Waals surface area contributed by atoms with Crippen molar-refractivity contribution in [2.24, 2.45) is 0 Å². The molecular weight excluding hydrogens is 184 g/mol. The van der Waals surface area contributed by atoms with Gasteiger partial charge in [-0.05, 0) is 0 Å². The zero-order valence-electron chi connectivity index (χ0n) is 7.47. The second kappa shape index (κ2) is 3.33. The lowest BCUT2D eigenvalue weighted by molar-refractivity contribution is 0.379. The second-order valence-corrected chi connectivity index (χ2v) is 2.56. The van der Waals surface area contributed by atoms with Crippen molar-refractivity contribution in [1.82, 2.24) is 19.5 Å². The maximum absolute atomic E-state index is 11.2. The molecule has 0 saturated heterocycles. The second-order valence-electron chi connectivity index (χ2n) is 2.56. The highest BCUT2D eigenvalue weighted by Gasteiger charge is 2.01. The first kappa shape index (κ1) is 8.49. The Bertz CT molecular complexity index is 471. The van der Waals surface area contributed by atoms with E-state index in [1.54, 1.807) is 12.4 Å². The van der Waals surface area contributed by atoms with Gasteiger partial charge in [0, 0.05) is 12.4 Å². The summed E-state index contributed by atoms with van der Waals surface area (Å²) in [5.41, 5.74) is 0.371. The molecule has 2 rings (SSSR count). The van der Waals surface area contributed by atoms with Crippen LogP contribution in [-0.2, 0) is 0 Å². The molecule has 0 aromatic carbocycles. The number of aromatic nitrogens is 4. The van der Waals surface area contributed by atoms with Gasteiger partial charge in [-0.25, -0.2) is 14.8 Å². The molecule has 0 aliphatic rings. The van der Waals surface area contributed by atoms with E-state index in [-0.39, 0.29) is 11.7 Å². The Balaban J connectivity index is 2.44. The first-order valence-corrected chi connectivity index (χ1v) is 3.93. The van der Waals surface area contributed by atoms with Crippen LogP contribution in [0.1, 0.15) is 0 Å². The number of imidazole rings is 1. The Labute approximate surface area is 79.2 Å². The van der Waals surface area contributed by atoms with Gasteiger partial charge < -0.3 is 9.72 Å². The van der Waals surface area contributed by atoms with E-state index in [1.807, 2.05) is 0 Å². The monoisotopic (exact) mass is 192 g/mol. The smallest absolute Gasteiger partial charge is 0.330 e. The van der Waals surface area contributed by atoms with Crippen molar-refractivity contribution in [3.8, 4) is 11.7 Å². The molecule has 0 aliphatic heterocycles. The predicted octanol–water partition coefficient (Wildman–Crippen LogP) is -0.0358. The van der Waals surface area contributed by atoms with Crippen molar-refractivity contribution in [2.75, 3.05) is 7.11 Å². The number of nitrogens with one attached hydrogen (secondary N) is 1. The summed E-state index contributed by atoms with van der Waals surface area (Å²) in [5, 5.41) is 0. The molecule has 0 unspecified atom stereocenters. The highest BCUT2D eigenvalue weighted by molar-refractivity contribution is 5.25. The number of aromatic amines is 1. The summed E-state index contributed by atoms with van der Waals surface area (Å²) in [6.07, 6.45) is 6.18. The summed E-state index contributed by atoms with van der Waals surface area (Å²) < 4.78 is 6.20. The lowest BCUT2D eigenvalue weighted by Crippen LogP contribution is -2.14. The first-order valence-electron chi connectivity index (χ1n) is 3.93. The van der Waals surface area contributed by atoms with Gasteiger partial charge in [0.25, 0.3) is 0 Å². The van der Waals surface area contributed by atoms with Crippen LogP contribution in [0.15, 0.2) is 29.6 Å². The van der Waals surface area contributed by atoms with Crippen molar-refractivity contribution in [2.45, 2.75) is 0 Å². The lowest BCUT2D eigenvalue weighted by atomic mass is 10.5. The topological polar surface area (TPSA) is 72.8 Å². The largest absolute Gasteiger partial charge is 0.467 e. The number of methoxy groups -OCH3 is 1. The molecule has 2 aromatic rings. The first-order chi connectivity index (χ1) is 6.81. The molecule has 0 fully saturated rings. The highest BCUT2D eigenvalue weighted by atomic mass is 16.5. The van der Waals surface area contributed by atoms with E-state index in [2.05, 4.69) is 15.0 Å². The fourth-order valence-corrected chi connectivity index (χ4v) is 1.06. The van der Waals surface area contributed by atoms with Crippen LogP contribution in [0.3, 0.4) is 0 Å². The molecule has 0 amide bonds. The Morgan fingerprint density at radius 3 is 2.64 bits per heavy atom. The minimum atomic E-state index is -0.223. The minimum absolute atomic E-state index is 0.223. The van der Waals surface area contributed by atoms with Gasteiger partial charge >= 0.3 is 11.7 Å². The van der Waals surface area contributed by atoms with Gasteiger partial charge in [-0.15, -0.1) is 0 Å². The molecule has 6 heteroatoms.